The fourth-order valence-electron chi connectivity index (χ4n) is 2.25. The van der Waals surface area contributed by atoms with E-state index < -0.39 is 16.0 Å². The predicted molar refractivity (Wildman–Crippen MR) is 71.1 cm³/mol. The van der Waals surface area contributed by atoms with Crippen molar-refractivity contribution in [3.63, 3.8) is 0 Å². The van der Waals surface area contributed by atoms with Gasteiger partial charge in [-0.25, -0.2) is 18.1 Å². The van der Waals surface area contributed by atoms with Crippen LogP contribution in [0.3, 0.4) is 0 Å². The smallest absolute Gasteiger partial charge is 0.272 e. The predicted octanol–water partition coefficient (Wildman–Crippen LogP) is 0.374. The molecule has 1 aliphatic rings. The molecule has 20 heavy (non-hydrogen) atoms. The number of pyridine rings is 1. The molecule has 0 radical (unpaired) electrons. The molecule has 1 saturated heterocycles. The molecule has 1 N–H and O–H groups in total. The largest absolute Gasteiger partial charge is 0.336 e. The zero-order valence-corrected chi connectivity index (χ0v) is 11.9. The van der Waals surface area contributed by atoms with Crippen LogP contribution in [0.2, 0.25) is 0 Å². The lowest BCUT2D eigenvalue weighted by Gasteiger charge is -2.32. The van der Waals surface area contributed by atoms with Crippen LogP contribution in [0.15, 0.2) is 18.2 Å². The topological polar surface area (TPSA) is 79.4 Å². The fraction of sp³-hybridized carbons (Fsp3) is 0.500. The van der Waals surface area contributed by atoms with E-state index >= 15 is 0 Å². The normalized spacial score (nSPS) is 19.9. The van der Waals surface area contributed by atoms with Gasteiger partial charge in [0.25, 0.3) is 5.91 Å². The van der Waals surface area contributed by atoms with E-state index in [9.17, 15) is 17.6 Å². The first-order chi connectivity index (χ1) is 9.35. The summed E-state index contributed by atoms with van der Waals surface area (Å²) in [7, 11) is -3.31. The lowest BCUT2D eigenvalue weighted by Crippen LogP contribution is -2.49. The van der Waals surface area contributed by atoms with Gasteiger partial charge in [0.2, 0.25) is 16.0 Å². The average Bonchev–Trinajstić information content (AvgIpc) is 2.36. The van der Waals surface area contributed by atoms with Gasteiger partial charge in [-0.1, -0.05) is 6.07 Å². The van der Waals surface area contributed by atoms with Gasteiger partial charge in [-0.15, -0.1) is 0 Å². The van der Waals surface area contributed by atoms with Crippen molar-refractivity contribution >= 4 is 15.9 Å². The summed E-state index contributed by atoms with van der Waals surface area (Å²) >= 11 is 0. The molecule has 1 fully saturated rings. The Balaban J connectivity index is 2.07. The molecule has 110 valence electrons. The number of nitrogens with one attached hydrogen (secondary N) is 1. The van der Waals surface area contributed by atoms with Crippen molar-refractivity contribution in [3.8, 4) is 0 Å². The molecule has 0 aliphatic carbocycles. The Morgan fingerprint density at radius 1 is 1.50 bits per heavy atom. The number of carbonyl (C=O) groups is 1. The maximum Gasteiger partial charge on any atom is 0.272 e. The molecule has 2 heterocycles. The Kier molecular flexibility index (Phi) is 4.34. The third-order valence-corrected chi connectivity index (χ3v) is 3.79. The van der Waals surface area contributed by atoms with Crippen LogP contribution in [0.1, 0.15) is 23.3 Å². The van der Waals surface area contributed by atoms with Crippen LogP contribution in [0.25, 0.3) is 0 Å². The summed E-state index contributed by atoms with van der Waals surface area (Å²) in [6.07, 6.45) is 2.45. The van der Waals surface area contributed by atoms with Gasteiger partial charge < -0.3 is 4.90 Å². The number of hydrogen-bond acceptors (Lipinski definition) is 4. The van der Waals surface area contributed by atoms with Gasteiger partial charge >= 0.3 is 0 Å². The third kappa shape index (κ3) is 3.97. The molecule has 1 amide bonds. The number of halogens is 1. The standard InChI is InChI=1S/C12H16FN3O3S/c1-20(18,19)15-9-4-3-7-16(8-9)12(17)10-5-2-6-11(13)14-10/h2,5-6,9,15H,3-4,7-8H2,1H3. The summed E-state index contributed by atoms with van der Waals surface area (Å²) in [6.45, 7) is 0.781. The van der Waals surface area contributed by atoms with E-state index in [4.69, 9.17) is 0 Å². The first-order valence-corrected chi connectivity index (χ1v) is 8.13. The zero-order valence-electron chi connectivity index (χ0n) is 11.0. The zero-order chi connectivity index (χ0) is 14.8. The molecule has 2 rings (SSSR count). The van der Waals surface area contributed by atoms with Crippen molar-refractivity contribution in [1.29, 1.82) is 0 Å². The summed E-state index contributed by atoms with van der Waals surface area (Å²) in [4.78, 5) is 17.2. The SMILES string of the molecule is CS(=O)(=O)NC1CCCN(C(=O)c2cccc(F)n2)C1. The Morgan fingerprint density at radius 2 is 2.25 bits per heavy atom. The van der Waals surface area contributed by atoms with Gasteiger partial charge in [-0.05, 0) is 25.0 Å². The van der Waals surface area contributed by atoms with Gasteiger partial charge in [-0.2, -0.15) is 4.39 Å². The van der Waals surface area contributed by atoms with Gasteiger partial charge in [0.05, 0.1) is 6.26 Å². The average molecular weight is 301 g/mol. The van der Waals surface area contributed by atoms with E-state index in [0.717, 1.165) is 6.26 Å². The quantitative estimate of drug-likeness (QED) is 0.818. The van der Waals surface area contributed by atoms with Crippen molar-refractivity contribution in [2.75, 3.05) is 19.3 Å². The van der Waals surface area contributed by atoms with Crippen molar-refractivity contribution < 1.29 is 17.6 Å². The molecule has 1 aromatic rings. The van der Waals surface area contributed by atoms with E-state index in [1.54, 1.807) is 0 Å². The highest BCUT2D eigenvalue weighted by Gasteiger charge is 2.26. The number of amides is 1. The van der Waals surface area contributed by atoms with Crippen LogP contribution in [0, 0.1) is 5.95 Å². The Bertz CT molecular complexity index is 606. The van der Waals surface area contributed by atoms with E-state index in [1.807, 2.05) is 0 Å². The lowest BCUT2D eigenvalue weighted by atomic mass is 10.1. The molecule has 0 saturated carbocycles. The molecule has 1 aromatic heterocycles. The molecular weight excluding hydrogens is 285 g/mol. The minimum atomic E-state index is -3.31. The van der Waals surface area contributed by atoms with Crippen LogP contribution in [-0.4, -0.2) is 49.6 Å². The third-order valence-electron chi connectivity index (χ3n) is 3.02. The molecule has 0 spiro atoms. The number of likely N-dealkylation sites (tertiary alicyclic amines) is 1. The molecule has 0 bridgehead atoms. The second-order valence-electron chi connectivity index (χ2n) is 4.83. The van der Waals surface area contributed by atoms with Gasteiger partial charge in [0.1, 0.15) is 5.69 Å². The highest BCUT2D eigenvalue weighted by atomic mass is 32.2. The molecule has 0 aromatic carbocycles. The van der Waals surface area contributed by atoms with Gasteiger partial charge in [0, 0.05) is 19.1 Å². The van der Waals surface area contributed by atoms with Crippen LogP contribution in [0.5, 0.6) is 0 Å². The number of hydrogen-bond donors (Lipinski definition) is 1. The molecule has 1 aliphatic heterocycles. The van der Waals surface area contributed by atoms with Crippen LogP contribution < -0.4 is 4.72 Å². The first-order valence-electron chi connectivity index (χ1n) is 6.24. The van der Waals surface area contributed by atoms with Crippen molar-refractivity contribution in [2.24, 2.45) is 0 Å². The van der Waals surface area contributed by atoms with Crippen LogP contribution >= 0.6 is 0 Å². The van der Waals surface area contributed by atoms with E-state index in [1.165, 1.54) is 23.1 Å². The number of rotatable bonds is 3. The van der Waals surface area contributed by atoms with Crippen LogP contribution in [0.4, 0.5) is 4.39 Å². The number of nitrogens with zero attached hydrogens (tertiary/aromatic N) is 2. The van der Waals surface area contributed by atoms with E-state index in [-0.39, 0.29) is 24.2 Å². The second-order valence-corrected chi connectivity index (χ2v) is 6.61. The van der Waals surface area contributed by atoms with E-state index in [2.05, 4.69) is 9.71 Å². The number of piperidine rings is 1. The van der Waals surface area contributed by atoms with E-state index in [0.29, 0.717) is 19.4 Å². The first kappa shape index (κ1) is 14.9. The summed E-state index contributed by atoms with van der Waals surface area (Å²) in [6, 6.07) is 3.72. The number of carbonyl (C=O) groups excluding carboxylic acids is 1. The lowest BCUT2D eigenvalue weighted by molar-refractivity contribution is 0.0696. The number of aromatic nitrogens is 1. The van der Waals surface area contributed by atoms with Crippen molar-refractivity contribution in [2.45, 2.75) is 18.9 Å². The minimum absolute atomic E-state index is 0.0324. The minimum Gasteiger partial charge on any atom is -0.336 e. The van der Waals surface area contributed by atoms with Gasteiger partial charge in [-0.3, -0.25) is 4.79 Å². The monoisotopic (exact) mass is 301 g/mol. The molecule has 8 heteroatoms. The molecular formula is C12H16FN3O3S. The highest BCUT2D eigenvalue weighted by molar-refractivity contribution is 7.88. The van der Waals surface area contributed by atoms with Crippen molar-refractivity contribution in [3.05, 3.63) is 29.8 Å². The second kappa shape index (κ2) is 5.84. The summed E-state index contributed by atoms with van der Waals surface area (Å²) in [5.41, 5.74) is 0.0324. The molecule has 1 unspecified atom stereocenters. The maximum absolute atomic E-state index is 13.0. The van der Waals surface area contributed by atoms with Gasteiger partial charge in [0.15, 0.2) is 0 Å². The summed E-state index contributed by atoms with van der Waals surface area (Å²) in [5.74, 6) is -1.09. The molecule has 6 nitrogen and oxygen atoms in total. The highest BCUT2D eigenvalue weighted by Crippen LogP contribution is 2.13. The molecule has 1 atom stereocenters. The number of sulfonamides is 1. The summed E-state index contributed by atoms with van der Waals surface area (Å²) < 4.78 is 37.9. The summed E-state index contributed by atoms with van der Waals surface area (Å²) in [5, 5.41) is 0. The van der Waals surface area contributed by atoms with Crippen molar-refractivity contribution in [1.82, 2.24) is 14.6 Å². The Hall–Kier alpha value is -1.54. The maximum atomic E-state index is 13.0. The Labute approximate surface area is 117 Å². The van der Waals surface area contributed by atoms with Crippen LogP contribution in [-0.2, 0) is 10.0 Å². The fourth-order valence-corrected chi connectivity index (χ4v) is 3.05. The Morgan fingerprint density at radius 3 is 2.90 bits per heavy atom.